The van der Waals surface area contributed by atoms with Gasteiger partial charge in [0.05, 0.1) is 6.61 Å². The predicted molar refractivity (Wildman–Crippen MR) is 95.6 cm³/mol. The van der Waals surface area contributed by atoms with E-state index < -0.39 is 39.4 Å². The summed E-state index contributed by atoms with van der Waals surface area (Å²) in [5.41, 5.74) is 0.592. The SMILES string of the molecule is CCOC(=O)NS(=O)(=O)CNc1n[nH]c(C(C)C)c1-c1cc(F)c(F)c(F)c1. The van der Waals surface area contributed by atoms with Crippen LogP contribution in [0.25, 0.3) is 11.1 Å². The standard InChI is InChI=1S/C16H19F3N4O4S/c1-4-27-16(24)23-28(25,26)7-20-15-12(14(8(2)3)21-22-15)9-5-10(17)13(19)11(18)6-9/h5-6,8H,4,7H2,1-3H3,(H,23,24)(H2,20,21,22). The van der Waals surface area contributed by atoms with Crippen molar-refractivity contribution in [1.82, 2.24) is 14.9 Å². The van der Waals surface area contributed by atoms with Gasteiger partial charge in [-0.05, 0) is 30.5 Å². The fourth-order valence-electron chi connectivity index (χ4n) is 2.38. The van der Waals surface area contributed by atoms with Crippen LogP contribution in [0.5, 0.6) is 0 Å². The van der Waals surface area contributed by atoms with Gasteiger partial charge in [0.25, 0.3) is 10.0 Å². The highest BCUT2D eigenvalue weighted by Crippen LogP contribution is 2.35. The van der Waals surface area contributed by atoms with Gasteiger partial charge in [-0.15, -0.1) is 0 Å². The number of nitrogens with zero attached hydrogens (tertiary/aromatic N) is 1. The summed E-state index contributed by atoms with van der Waals surface area (Å²) in [5, 5.41) is 9.09. The number of carbonyl (C=O) groups is 1. The van der Waals surface area contributed by atoms with E-state index in [0.717, 1.165) is 12.1 Å². The van der Waals surface area contributed by atoms with E-state index in [1.807, 2.05) is 0 Å². The Hall–Kier alpha value is -2.76. The third-order valence-corrected chi connectivity index (χ3v) is 4.59. The number of rotatable bonds is 7. The number of hydrogen-bond donors (Lipinski definition) is 3. The lowest BCUT2D eigenvalue weighted by molar-refractivity contribution is 0.158. The third kappa shape index (κ3) is 4.94. The zero-order chi connectivity index (χ0) is 21.1. The molecule has 0 atom stereocenters. The second-order valence-electron chi connectivity index (χ2n) is 6.03. The number of sulfonamides is 1. The number of hydrogen-bond acceptors (Lipinski definition) is 6. The molecule has 0 fully saturated rings. The normalized spacial score (nSPS) is 11.5. The number of H-pyrrole nitrogens is 1. The third-order valence-electron chi connectivity index (χ3n) is 3.59. The molecule has 1 aromatic heterocycles. The van der Waals surface area contributed by atoms with Gasteiger partial charge in [0.1, 0.15) is 5.88 Å². The Morgan fingerprint density at radius 1 is 1.25 bits per heavy atom. The second kappa shape index (κ2) is 8.50. The first-order valence-electron chi connectivity index (χ1n) is 8.20. The van der Waals surface area contributed by atoms with Gasteiger partial charge in [-0.25, -0.2) is 31.1 Å². The van der Waals surface area contributed by atoms with Crippen LogP contribution >= 0.6 is 0 Å². The number of amides is 1. The van der Waals surface area contributed by atoms with E-state index in [2.05, 4.69) is 20.3 Å². The highest BCUT2D eigenvalue weighted by molar-refractivity contribution is 7.90. The minimum atomic E-state index is -4.13. The van der Waals surface area contributed by atoms with E-state index in [0.29, 0.717) is 5.69 Å². The van der Waals surface area contributed by atoms with Gasteiger partial charge < -0.3 is 10.1 Å². The van der Waals surface area contributed by atoms with Crippen molar-refractivity contribution in [2.45, 2.75) is 26.7 Å². The van der Waals surface area contributed by atoms with Crippen LogP contribution in [0.1, 0.15) is 32.4 Å². The van der Waals surface area contributed by atoms with Crippen molar-refractivity contribution in [3.8, 4) is 11.1 Å². The maximum atomic E-state index is 13.7. The average Bonchev–Trinajstić information content (AvgIpc) is 3.01. The van der Waals surface area contributed by atoms with Gasteiger partial charge in [0, 0.05) is 11.3 Å². The molecule has 154 valence electrons. The van der Waals surface area contributed by atoms with E-state index >= 15 is 0 Å². The first kappa shape index (κ1) is 21.5. The summed E-state index contributed by atoms with van der Waals surface area (Å²) in [7, 11) is -4.13. The van der Waals surface area contributed by atoms with Crippen molar-refractivity contribution in [1.29, 1.82) is 0 Å². The number of benzene rings is 1. The van der Waals surface area contributed by atoms with Crippen molar-refractivity contribution >= 4 is 21.9 Å². The number of aromatic nitrogens is 2. The quantitative estimate of drug-likeness (QED) is 0.594. The minimum absolute atomic E-state index is 0.0161. The molecule has 0 saturated carbocycles. The number of anilines is 1. The lowest BCUT2D eigenvalue weighted by Crippen LogP contribution is -2.35. The van der Waals surface area contributed by atoms with Crippen LogP contribution < -0.4 is 10.0 Å². The average molecular weight is 420 g/mol. The largest absolute Gasteiger partial charge is 0.449 e. The fourth-order valence-corrected chi connectivity index (χ4v) is 3.09. The molecule has 0 spiro atoms. The molecule has 0 aliphatic rings. The van der Waals surface area contributed by atoms with Crippen LogP contribution in [0.2, 0.25) is 0 Å². The maximum absolute atomic E-state index is 13.7. The Bertz CT molecular complexity index is 953. The molecule has 28 heavy (non-hydrogen) atoms. The summed E-state index contributed by atoms with van der Waals surface area (Å²) in [6, 6.07) is 1.57. The van der Waals surface area contributed by atoms with Crippen molar-refractivity contribution in [2.75, 3.05) is 17.8 Å². The van der Waals surface area contributed by atoms with Crippen LogP contribution in [-0.4, -0.2) is 37.2 Å². The summed E-state index contributed by atoms with van der Waals surface area (Å²) in [5.74, 6) is -5.39. The first-order chi connectivity index (χ1) is 13.1. The summed E-state index contributed by atoms with van der Waals surface area (Å²) in [6.07, 6.45) is -1.14. The van der Waals surface area contributed by atoms with Crippen LogP contribution in [0.3, 0.4) is 0 Å². The summed E-state index contributed by atoms with van der Waals surface area (Å²) < 4.78 is 70.7. The van der Waals surface area contributed by atoms with Gasteiger partial charge >= 0.3 is 6.09 Å². The molecule has 0 aliphatic heterocycles. The summed E-state index contributed by atoms with van der Waals surface area (Å²) in [6.45, 7) is 5.04. The number of ether oxygens (including phenoxy) is 1. The molecule has 2 rings (SSSR count). The molecule has 0 unspecified atom stereocenters. The molecular weight excluding hydrogens is 401 g/mol. The Balaban J connectivity index is 2.36. The highest BCUT2D eigenvalue weighted by atomic mass is 32.2. The number of nitrogens with one attached hydrogen (secondary N) is 3. The molecule has 12 heteroatoms. The molecule has 0 aliphatic carbocycles. The molecule has 1 amide bonds. The topological polar surface area (TPSA) is 113 Å². The molecule has 0 saturated heterocycles. The number of carbonyl (C=O) groups excluding carboxylic acids is 1. The lowest BCUT2D eigenvalue weighted by Gasteiger charge is -2.11. The zero-order valence-electron chi connectivity index (χ0n) is 15.3. The van der Waals surface area contributed by atoms with Gasteiger partial charge in [0.15, 0.2) is 23.3 Å². The molecule has 8 nitrogen and oxygen atoms in total. The van der Waals surface area contributed by atoms with Gasteiger partial charge in [-0.1, -0.05) is 13.8 Å². The van der Waals surface area contributed by atoms with Crippen molar-refractivity contribution in [2.24, 2.45) is 0 Å². The second-order valence-corrected chi connectivity index (χ2v) is 7.75. The molecule has 1 aromatic carbocycles. The minimum Gasteiger partial charge on any atom is -0.449 e. The van der Waals surface area contributed by atoms with E-state index in [1.54, 1.807) is 18.6 Å². The molecular formula is C16H19F3N4O4S. The predicted octanol–water partition coefficient (Wildman–Crippen LogP) is 3.06. The van der Waals surface area contributed by atoms with E-state index in [-0.39, 0.29) is 29.5 Å². The molecule has 0 bridgehead atoms. The van der Waals surface area contributed by atoms with Crippen LogP contribution in [0.4, 0.5) is 23.8 Å². The molecule has 0 radical (unpaired) electrons. The Morgan fingerprint density at radius 3 is 2.39 bits per heavy atom. The Morgan fingerprint density at radius 2 is 1.86 bits per heavy atom. The van der Waals surface area contributed by atoms with Crippen molar-refractivity contribution in [3.05, 3.63) is 35.3 Å². The summed E-state index contributed by atoms with van der Waals surface area (Å²) in [4.78, 5) is 11.3. The summed E-state index contributed by atoms with van der Waals surface area (Å²) >= 11 is 0. The monoisotopic (exact) mass is 420 g/mol. The van der Waals surface area contributed by atoms with Crippen LogP contribution in [0, 0.1) is 17.5 Å². The van der Waals surface area contributed by atoms with Gasteiger partial charge in [0.2, 0.25) is 0 Å². The maximum Gasteiger partial charge on any atom is 0.420 e. The highest BCUT2D eigenvalue weighted by Gasteiger charge is 2.23. The number of aromatic amines is 1. The van der Waals surface area contributed by atoms with Crippen molar-refractivity contribution < 1.29 is 31.1 Å². The van der Waals surface area contributed by atoms with E-state index in [1.165, 1.54) is 6.92 Å². The zero-order valence-corrected chi connectivity index (χ0v) is 16.1. The van der Waals surface area contributed by atoms with E-state index in [9.17, 15) is 26.4 Å². The van der Waals surface area contributed by atoms with Crippen LogP contribution in [0.15, 0.2) is 12.1 Å². The molecule has 2 aromatic rings. The van der Waals surface area contributed by atoms with E-state index in [4.69, 9.17) is 0 Å². The first-order valence-corrected chi connectivity index (χ1v) is 9.85. The van der Waals surface area contributed by atoms with Gasteiger partial charge in [-0.3, -0.25) is 5.10 Å². The Labute approximate surface area is 159 Å². The molecule has 3 N–H and O–H groups in total. The smallest absolute Gasteiger partial charge is 0.420 e. The Kier molecular flexibility index (Phi) is 6.54. The number of halogens is 3. The van der Waals surface area contributed by atoms with Crippen LogP contribution in [-0.2, 0) is 14.8 Å². The lowest BCUT2D eigenvalue weighted by atomic mass is 9.99. The van der Waals surface area contributed by atoms with Gasteiger partial charge in [-0.2, -0.15) is 5.10 Å². The fraction of sp³-hybridized carbons (Fsp3) is 0.375. The van der Waals surface area contributed by atoms with Crippen molar-refractivity contribution in [3.63, 3.8) is 0 Å². The molecule has 1 heterocycles.